The van der Waals surface area contributed by atoms with Gasteiger partial charge in [0, 0.05) is 17.8 Å². The first-order valence-electron chi connectivity index (χ1n) is 5.71. The number of rotatable bonds is 7. The van der Waals surface area contributed by atoms with E-state index in [1.807, 2.05) is 0 Å². The molecule has 1 aromatic rings. The minimum Gasteiger partial charge on any atom is -0.356 e. The number of carbonyl (C=O) groups is 1. The molecule has 1 atom stereocenters. The van der Waals surface area contributed by atoms with Crippen molar-refractivity contribution >= 4 is 17.2 Å². The molecule has 0 radical (unpaired) electrons. The molecule has 0 saturated carbocycles. The van der Waals surface area contributed by atoms with Gasteiger partial charge in [0.1, 0.15) is 0 Å². The second-order valence-corrected chi connectivity index (χ2v) is 5.12. The van der Waals surface area contributed by atoms with Crippen molar-refractivity contribution in [2.24, 2.45) is 11.7 Å². The molecule has 1 rings (SSSR count). The second kappa shape index (κ2) is 7.41. The van der Waals surface area contributed by atoms with Gasteiger partial charge >= 0.3 is 0 Å². The van der Waals surface area contributed by atoms with Crippen LogP contribution < -0.4 is 11.1 Å². The van der Waals surface area contributed by atoms with Crippen molar-refractivity contribution in [1.29, 1.82) is 0 Å². The van der Waals surface area contributed by atoms with E-state index in [-0.39, 0.29) is 5.91 Å². The fourth-order valence-corrected chi connectivity index (χ4v) is 2.35. The van der Waals surface area contributed by atoms with E-state index in [0.717, 1.165) is 19.4 Å². The second-order valence-electron chi connectivity index (χ2n) is 4.08. The average Bonchev–Trinajstić information content (AvgIpc) is 2.76. The zero-order chi connectivity index (χ0) is 11.8. The number of hydrogen-bond donors (Lipinski definition) is 2. The van der Waals surface area contributed by atoms with Crippen LogP contribution in [0.5, 0.6) is 0 Å². The standard InChI is InChI=1S/C12H20N2OS/c1-10(8-11-4-3-7-16-11)9-14-12(15)5-2-6-13/h3-4,7,10H,2,5-6,8-9,13H2,1H3,(H,14,15). The van der Waals surface area contributed by atoms with Crippen molar-refractivity contribution in [3.63, 3.8) is 0 Å². The monoisotopic (exact) mass is 240 g/mol. The van der Waals surface area contributed by atoms with Crippen LogP contribution in [-0.2, 0) is 11.2 Å². The topological polar surface area (TPSA) is 55.1 Å². The van der Waals surface area contributed by atoms with Gasteiger partial charge in [0.05, 0.1) is 0 Å². The summed E-state index contributed by atoms with van der Waals surface area (Å²) in [6.45, 7) is 3.49. The van der Waals surface area contributed by atoms with E-state index in [1.165, 1.54) is 4.88 Å². The van der Waals surface area contributed by atoms with Crippen molar-refractivity contribution in [1.82, 2.24) is 5.32 Å². The normalized spacial score (nSPS) is 12.4. The van der Waals surface area contributed by atoms with Gasteiger partial charge in [-0.25, -0.2) is 0 Å². The molecular weight excluding hydrogens is 220 g/mol. The van der Waals surface area contributed by atoms with E-state index in [9.17, 15) is 4.79 Å². The minimum atomic E-state index is 0.114. The van der Waals surface area contributed by atoms with Crippen molar-refractivity contribution in [2.75, 3.05) is 13.1 Å². The predicted molar refractivity (Wildman–Crippen MR) is 68.5 cm³/mol. The highest BCUT2D eigenvalue weighted by Crippen LogP contribution is 2.13. The molecule has 0 spiro atoms. The molecule has 90 valence electrons. The molecule has 0 saturated heterocycles. The highest BCUT2D eigenvalue weighted by atomic mass is 32.1. The van der Waals surface area contributed by atoms with E-state index in [1.54, 1.807) is 11.3 Å². The summed E-state index contributed by atoms with van der Waals surface area (Å²) in [5.41, 5.74) is 5.34. The Morgan fingerprint density at radius 1 is 1.62 bits per heavy atom. The molecule has 3 nitrogen and oxygen atoms in total. The lowest BCUT2D eigenvalue weighted by atomic mass is 10.1. The number of thiophene rings is 1. The lowest BCUT2D eigenvalue weighted by Crippen LogP contribution is -2.29. The summed E-state index contributed by atoms with van der Waals surface area (Å²) in [4.78, 5) is 12.7. The number of amides is 1. The number of nitrogens with one attached hydrogen (secondary N) is 1. The summed E-state index contributed by atoms with van der Waals surface area (Å²) in [6, 6.07) is 4.20. The van der Waals surface area contributed by atoms with E-state index >= 15 is 0 Å². The Kier molecular flexibility index (Phi) is 6.11. The molecule has 0 aliphatic heterocycles. The van der Waals surface area contributed by atoms with Crippen LogP contribution in [0, 0.1) is 5.92 Å². The summed E-state index contributed by atoms with van der Waals surface area (Å²) < 4.78 is 0. The van der Waals surface area contributed by atoms with Gasteiger partial charge in [-0.3, -0.25) is 4.79 Å². The maximum atomic E-state index is 11.3. The summed E-state index contributed by atoms with van der Waals surface area (Å²) in [5, 5.41) is 5.03. The smallest absolute Gasteiger partial charge is 0.220 e. The van der Waals surface area contributed by atoms with Gasteiger partial charge in [-0.1, -0.05) is 13.0 Å². The summed E-state index contributed by atoms with van der Waals surface area (Å²) in [5.74, 6) is 0.601. The van der Waals surface area contributed by atoms with Gasteiger partial charge in [-0.15, -0.1) is 11.3 Å². The summed E-state index contributed by atoms with van der Waals surface area (Å²) in [6.07, 6.45) is 2.35. The van der Waals surface area contributed by atoms with Crippen LogP contribution in [0.2, 0.25) is 0 Å². The van der Waals surface area contributed by atoms with Crippen LogP contribution in [-0.4, -0.2) is 19.0 Å². The Hall–Kier alpha value is -0.870. The predicted octanol–water partition coefficient (Wildman–Crippen LogP) is 1.78. The number of carbonyl (C=O) groups excluding carboxylic acids is 1. The quantitative estimate of drug-likeness (QED) is 0.763. The summed E-state index contributed by atoms with van der Waals surface area (Å²) in [7, 11) is 0. The van der Waals surface area contributed by atoms with Gasteiger partial charge in [0.15, 0.2) is 0 Å². The molecule has 3 N–H and O–H groups in total. The van der Waals surface area contributed by atoms with Crippen LogP contribution in [0.4, 0.5) is 0 Å². The molecule has 1 heterocycles. The molecule has 1 amide bonds. The van der Waals surface area contributed by atoms with Crippen molar-refractivity contribution < 1.29 is 4.79 Å². The third-order valence-electron chi connectivity index (χ3n) is 2.39. The molecule has 0 aromatic carbocycles. The highest BCUT2D eigenvalue weighted by Gasteiger charge is 2.06. The lowest BCUT2D eigenvalue weighted by molar-refractivity contribution is -0.121. The summed E-state index contributed by atoms with van der Waals surface area (Å²) >= 11 is 1.77. The maximum absolute atomic E-state index is 11.3. The fourth-order valence-electron chi connectivity index (χ4n) is 1.48. The van der Waals surface area contributed by atoms with E-state index in [2.05, 4.69) is 29.8 Å². The molecule has 0 bridgehead atoms. The van der Waals surface area contributed by atoms with Crippen molar-refractivity contribution in [2.45, 2.75) is 26.2 Å². The number of nitrogens with two attached hydrogens (primary N) is 1. The van der Waals surface area contributed by atoms with E-state index in [4.69, 9.17) is 5.73 Å². The van der Waals surface area contributed by atoms with Crippen LogP contribution in [0.1, 0.15) is 24.6 Å². The molecule has 16 heavy (non-hydrogen) atoms. The molecule has 0 fully saturated rings. The molecule has 4 heteroatoms. The minimum absolute atomic E-state index is 0.114. The SMILES string of the molecule is CC(CNC(=O)CCCN)Cc1cccs1. The Morgan fingerprint density at radius 2 is 2.44 bits per heavy atom. The zero-order valence-corrected chi connectivity index (χ0v) is 10.6. The number of hydrogen-bond acceptors (Lipinski definition) is 3. The molecule has 0 aliphatic carbocycles. The van der Waals surface area contributed by atoms with Gasteiger partial charge in [-0.05, 0) is 36.8 Å². The largest absolute Gasteiger partial charge is 0.356 e. The third kappa shape index (κ3) is 5.28. The van der Waals surface area contributed by atoms with Gasteiger partial charge in [-0.2, -0.15) is 0 Å². The molecule has 1 aromatic heterocycles. The first-order chi connectivity index (χ1) is 7.72. The zero-order valence-electron chi connectivity index (χ0n) is 9.74. The molecule has 1 unspecified atom stereocenters. The van der Waals surface area contributed by atoms with Crippen LogP contribution in [0.3, 0.4) is 0 Å². The first kappa shape index (κ1) is 13.2. The van der Waals surface area contributed by atoms with Gasteiger partial charge < -0.3 is 11.1 Å². The van der Waals surface area contributed by atoms with Crippen molar-refractivity contribution in [3.8, 4) is 0 Å². The Balaban J connectivity index is 2.15. The highest BCUT2D eigenvalue weighted by molar-refractivity contribution is 7.09. The Labute approximate surface area is 101 Å². The van der Waals surface area contributed by atoms with Gasteiger partial charge in [0.2, 0.25) is 5.91 Å². The van der Waals surface area contributed by atoms with E-state index < -0.39 is 0 Å². The third-order valence-corrected chi connectivity index (χ3v) is 3.28. The van der Waals surface area contributed by atoms with Crippen LogP contribution in [0.25, 0.3) is 0 Å². The van der Waals surface area contributed by atoms with Gasteiger partial charge in [0.25, 0.3) is 0 Å². The fraction of sp³-hybridized carbons (Fsp3) is 0.583. The van der Waals surface area contributed by atoms with E-state index in [0.29, 0.717) is 18.9 Å². The van der Waals surface area contributed by atoms with Crippen molar-refractivity contribution in [3.05, 3.63) is 22.4 Å². The lowest BCUT2D eigenvalue weighted by Gasteiger charge is -2.11. The average molecular weight is 240 g/mol. The Bertz CT molecular complexity index is 298. The molecule has 0 aliphatic rings. The Morgan fingerprint density at radius 3 is 3.06 bits per heavy atom. The van der Waals surface area contributed by atoms with Crippen LogP contribution >= 0.6 is 11.3 Å². The van der Waals surface area contributed by atoms with Crippen LogP contribution in [0.15, 0.2) is 17.5 Å². The molecular formula is C12H20N2OS. The first-order valence-corrected chi connectivity index (χ1v) is 6.59. The maximum Gasteiger partial charge on any atom is 0.220 e.